The van der Waals surface area contributed by atoms with E-state index in [0.29, 0.717) is 11.6 Å². The number of carbonyl (C=O) groups excluding carboxylic acids is 1. The number of benzene rings is 1. The number of rotatable bonds is 7. The number of aromatic nitrogens is 5. The van der Waals surface area contributed by atoms with Gasteiger partial charge in [-0.2, -0.15) is 5.10 Å². The molecule has 0 atom stereocenters. The largest absolute Gasteiger partial charge is 0.484 e. The van der Waals surface area contributed by atoms with Gasteiger partial charge in [0.25, 0.3) is 11.5 Å². The van der Waals surface area contributed by atoms with Crippen molar-refractivity contribution in [2.45, 2.75) is 20.4 Å². The SMILES string of the molecule is Cc1cc(C)cc(OCC(=O)NCCn2nc(-n3cncn3)ccc2=O)c1. The fourth-order valence-electron chi connectivity index (χ4n) is 2.56. The molecule has 27 heavy (non-hydrogen) atoms. The van der Waals surface area contributed by atoms with E-state index in [4.69, 9.17) is 4.74 Å². The van der Waals surface area contributed by atoms with Gasteiger partial charge in [0.15, 0.2) is 12.4 Å². The van der Waals surface area contributed by atoms with E-state index in [1.807, 2.05) is 32.0 Å². The molecule has 9 heteroatoms. The molecule has 2 aromatic heterocycles. The highest BCUT2D eigenvalue weighted by atomic mass is 16.5. The normalized spacial score (nSPS) is 10.6. The molecule has 2 heterocycles. The van der Waals surface area contributed by atoms with Gasteiger partial charge in [-0.3, -0.25) is 9.59 Å². The Morgan fingerprint density at radius 3 is 2.67 bits per heavy atom. The summed E-state index contributed by atoms with van der Waals surface area (Å²) in [5, 5.41) is 10.9. The first-order valence-corrected chi connectivity index (χ1v) is 8.42. The minimum Gasteiger partial charge on any atom is -0.484 e. The Bertz CT molecular complexity index is 961. The van der Waals surface area contributed by atoms with Gasteiger partial charge < -0.3 is 10.1 Å². The van der Waals surface area contributed by atoms with Crippen LogP contribution in [0.25, 0.3) is 5.82 Å². The van der Waals surface area contributed by atoms with Crippen LogP contribution in [-0.4, -0.2) is 43.6 Å². The molecule has 140 valence electrons. The minimum atomic E-state index is -0.269. The van der Waals surface area contributed by atoms with Gasteiger partial charge in [0.05, 0.1) is 6.54 Å². The highest BCUT2D eigenvalue weighted by Gasteiger charge is 2.06. The van der Waals surface area contributed by atoms with Gasteiger partial charge >= 0.3 is 0 Å². The van der Waals surface area contributed by atoms with Crippen LogP contribution in [0.1, 0.15) is 11.1 Å². The predicted molar refractivity (Wildman–Crippen MR) is 97.8 cm³/mol. The van der Waals surface area contributed by atoms with Crippen LogP contribution in [0.3, 0.4) is 0 Å². The molecule has 0 saturated carbocycles. The summed E-state index contributed by atoms with van der Waals surface area (Å²) >= 11 is 0. The van der Waals surface area contributed by atoms with Gasteiger partial charge in [0.2, 0.25) is 0 Å². The van der Waals surface area contributed by atoms with Crippen LogP contribution in [0.4, 0.5) is 0 Å². The predicted octanol–water partition coefficient (Wildman–Crippen LogP) is 0.636. The Morgan fingerprint density at radius 1 is 1.19 bits per heavy atom. The number of nitrogens with zero attached hydrogens (tertiary/aromatic N) is 5. The zero-order chi connectivity index (χ0) is 19.2. The van der Waals surface area contributed by atoms with Gasteiger partial charge in [0, 0.05) is 12.6 Å². The van der Waals surface area contributed by atoms with Gasteiger partial charge in [-0.1, -0.05) is 6.07 Å². The molecular weight excluding hydrogens is 348 g/mol. The molecule has 0 aliphatic carbocycles. The van der Waals surface area contributed by atoms with E-state index in [9.17, 15) is 9.59 Å². The molecule has 0 fully saturated rings. The van der Waals surface area contributed by atoms with Crippen LogP contribution < -0.4 is 15.6 Å². The second kappa shape index (κ2) is 8.26. The molecule has 0 radical (unpaired) electrons. The zero-order valence-electron chi connectivity index (χ0n) is 15.1. The lowest BCUT2D eigenvalue weighted by Crippen LogP contribution is -2.34. The maximum atomic E-state index is 11.9. The number of aryl methyl sites for hydroxylation is 2. The smallest absolute Gasteiger partial charge is 0.266 e. The number of ether oxygens (including phenoxy) is 1. The first-order chi connectivity index (χ1) is 13.0. The summed E-state index contributed by atoms with van der Waals surface area (Å²) in [5.41, 5.74) is 1.88. The molecule has 0 bridgehead atoms. The maximum absolute atomic E-state index is 11.9. The molecule has 1 aromatic carbocycles. The molecule has 0 aliphatic rings. The van der Waals surface area contributed by atoms with Gasteiger partial charge in [-0.15, -0.1) is 5.10 Å². The third-order valence-electron chi connectivity index (χ3n) is 3.72. The third-order valence-corrected chi connectivity index (χ3v) is 3.72. The highest BCUT2D eigenvalue weighted by Crippen LogP contribution is 2.15. The summed E-state index contributed by atoms with van der Waals surface area (Å²) in [5.74, 6) is 0.854. The van der Waals surface area contributed by atoms with Crippen LogP contribution in [0.5, 0.6) is 5.75 Å². The Labute approximate surface area is 155 Å². The number of carbonyl (C=O) groups is 1. The van der Waals surface area contributed by atoms with E-state index in [2.05, 4.69) is 20.5 Å². The molecule has 0 saturated heterocycles. The van der Waals surface area contributed by atoms with Crippen molar-refractivity contribution in [1.29, 1.82) is 0 Å². The number of nitrogens with one attached hydrogen (secondary N) is 1. The number of amides is 1. The third kappa shape index (κ3) is 5.00. The standard InChI is InChI=1S/C18H20N6O3/c1-13-7-14(2)9-15(8-13)27-10-17(25)20-5-6-23-18(26)4-3-16(22-23)24-12-19-11-21-24/h3-4,7-9,11-12H,5-6,10H2,1-2H3,(H,20,25). The highest BCUT2D eigenvalue weighted by molar-refractivity contribution is 5.77. The summed E-state index contributed by atoms with van der Waals surface area (Å²) in [6.45, 7) is 4.33. The molecule has 3 rings (SSSR count). The van der Waals surface area contributed by atoms with Gasteiger partial charge in [-0.05, 0) is 43.2 Å². The zero-order valence-corrected chi connectivity index (χ0v) is 15.1. The molecule has 0 spiro atoms. The van der Waals surface area contributed by atoms with Crippen molar-refractivity contribution in [2.75, 3.05) is 13.2 Å². The maximum Gasteiger partial charge on any atom is 0.266 e. The first-order valence-electron chi connectivity index (χ1n) is 8.42. The van der Waals surface area contributed by atoms with Gasteiger partial charge in [0.1, 0.15) is 18.4 Å². The van der Waals surface area contributed by atoms with E-state index < -0.39 is 0 Å². The molecular formula is C18H20N6O3. The molecule has 0 aliphatic heterocycles. The number of hydrogen-bond donors (Lipinski definition) is 1. The van der Waals surface area contributed by atoms with Crippen molar-refractivity contribution in [3.8, 4) is 11.6 Å². The van der Waals surface area contributed by atoms with Crippen molar-refractivity contribution in [3.63, 3.8) is 0 Å². The van der Waals surface area contributed by atoms with E-state index in [0.717, 1.165) is 11.1 Å². The second-order valence-electron chi connectivity index (χ2n) is 6.06. The summed E-state index contributed by atoms with van der Waals surface area (Å²) in [4.78, 5) is 27.7. The van der Waals surface area contributed by atoms with Crippen LogP contribution in [-0.2, 0) is 11.3 Å². The average Bonchev–Trinajstić information content (AvgIpc) is 3.15. The average molecular weight is 368 g/mol. The van der Waals surface area contributed by atoms with Crippen LogP contribution >= 0.6 is 0 Å². The van der Waals surface area contributed by atoms with Gasteiger partial charge in [-0.25, -0.2) is 14.3 Å². The van der Waals surface area contributed by atoms with Crippen molar-refractivity contribution in [1.82, 2.24) is 29.9 Å². The Balaban J connectivity index is 1.51. The molecule has 0 unspecified atom stereocenters. The number of hydrogen-bond acceptors (Lipinski definition) is 6. The first kappa shape index (κ1) is 18.3. The van der Waals surface area contributed by atoms with Crippen LogP contribution in [0.15, 0.2) is 47.8 Å². The molecule has 1 amide bonds. The van der Waals surface area contributed by atoms with E-state index >= 15 is 0 Å². The van der Waals surface area contributed by atoms with Crippen molar-refractivity contribution < 1.29 is 9.53 Å². The quantitative estimate of drug-likeness (QED) is 0.656. The van der Waals surface area contributed by atoms with E-state index in [-0.39, 0.29) is 31.2 Å². The lowest BCUT2D eigenvalue weighted by Gasteiger charge is -2.10. The Kier molecular flexibility index (Phi) is 5.60. The molecule has 9 nitrogen and oxygen atoms in total. The summed E-state index contributed by atoms with van der Waals surface area (Å²) in [6, 6.07) is 8.74. The fourth-order valence-corrected chi connectivity index (χ4v) is 2.56. The Hall–Kier alpha value is -3.49. The minimum absolute atomic E-state index is 0.0930. The van der Waals surface area contributed by atoms with E-state index in [1.54, 1.807) is 6.07 Å². The molecule has 1 N–H and O–H groups in total. The van der Waals surface area contributed by atoms with E-state index in [1.165, 1.54) is 28.1 Å². The lowest BCUT2D eigenvalue weighted by molar-refractivity contribution is -0.123. The summed E-state index contributed by atoms with van der Waals surface area (Å²) in [6.07, 6.45) is 2.87. The topological polar surface area (TPSA) is 104 Å². The second-order valence-corrected chi connectivity index (χ2v) is 6.06. The summed E-state index contributed by atoms with van der Waals surface area (Å²) in [7, 11) is 0. The monoisotopic (exact) mass is 368 g/mol. The lowest BCUT2D eigenvalue weighted by atomic mass is 10.1. The molecule has 3 aromatic rings. The van der Waals surface area contributed by atoms with Crippen LogP contribution in [0.2, 0.25) is 0 Å². The van der Waals surface area contributed by atoms with Crippen molar-refractivity contribution in [2.24, 2.45) is 0 Å². The van der Waals surface area contributed by atoms with Crippen LogP contribution in [0, 0.1) is 13.8 Å². The Morgan fingerprint density at radius 2 is 1.96 bits per heavy atom. The van der Waals surface area contributed by atoms with Crippen molar-refractivity contribution in [3.05, 3.63) is 64.5 Å². The summed E-state index contributed by atoms with van der Waals surface area (Å²) < 4.78 is 8.23. The fraction of sp³-hybridized carbons (Fsp3) is 0.278. The van der Waals surface area contributed by atoms with Crippen molar-refractivity contribution >= 4 is 5.91 Å².